The van der Waals surface area contributed by atoms with Gasteiger partial charge in [0.25, 0.3) is 0 Å². The fraction of sp³-hybridized carbons (Fsp3) is 0.588. The summed E-state index contributed by atoms with van der Waals surface area (Å²) in [5.74, 6) is 2.41. The van der Waals surface area contributed by atoms with Crippen molar-refractivity contribution in [2.75, 3.05) is 25.6 Å². The summed E-state index contributed by atoms with van der Waals surface area (Å²) in [5.41, 5.74) is 1.75. The summed E-state index contributed by atoms with van der Waals surface area (Å²) in [7, 11) is 1.63. The third kappa shape index (κ3) is 3.37. The van der Waals surface area contributed by atoms with Crippen molar-refractivity contribution in [3.8, 4) is 5.88 Å². The summed E-state index contributed by atoms with van der Waals surface area (Å²) in [6, 6.07) is 1.97. The molecule has 6 nitrogen and oxygen atoms in total. The molecule has 1 unspecified atom stereocenters. The van der Waals surface area contributed by atoms with Crippen molar-refractivity contribution in [1.29, 1.82) is 0 Å². The average molecular weight is 316 g/mol. The number of rotatable bonds is 5. The topological polar surface area (TPSA) is 69.2 Å². The van der Waals surface area contributed by atoms with E-state index in [4.69, 9.17) is 14.5 Å². The summed E-state index contributed by atoms with van der Waals surface area (Å²) in [5, 5.41) is 4.26. The van der Waals surface area contributed by atoms with E-state index < -0.39 is 0 Å². The second-order valence-electron chi connectivity index (χ2n) is 6.27. The van der Waals surface area contributed by atoms with Crippen LogP contribution in [0.3, 0.4) is 0 Å². The number of hydrogen-bond donors (Lipinski definition) is 1. The van der Waals surface area contributed by atoms with E-state index in [9.17, 15) is 0 Å². The molecule has 1 aliphatic rings. The van der Waals surface area contributed by atoms with Crippen LogP contribution in [-0.2, 0) is 4.74 Å². The molecule has 3 rings (SSSR count). The Kier molecular flexibility index (Phi) is 4.61. The van der Waals surface area contributed by atoms with Crippen molar-refractivity contribution in [1.82, 2.24) is 15.0 Å². The van der Waals surface area contributed by atoms with E-state index in [1.54, 1.807) is 7.11 Å². The Hall–Kier alpha value is -1.95. The minimum atomic E-state index is 0.243. The van der Waals surface area contributed by atoms with Crippen LogP contribution in [0, 0.1) is 6.92 Å². The third-order valence-electron chi connectivity index (χ3n) is 4.02. The number of nitrogens with one attached hydrogen (secondary N) is 1. The van der Waals surface area contributed by atoms with Gasteiger partial charge in [0.15, 0.2) is 0 Å². The molecule has 0 amide bonds. The van der Waals surface area contributed by atoms with Gasteiger partial charge in [0.1, 0.15) is 17.0 Å². The van der Waals surface area contributed by atoms with Crippen molar-refractivity contribution in [3.05, 3.63) is 17.6 Å². The lowest BCUT2D eigenvalue weighted by Gasteiger charge is -2.16. The molecule has 124 valence electrons. The van der Waals surface area contributed by atoms with E-state index in [0.29, 0.717) is 5.88 Å². The molecule has 3 heterocycles. The largest absolute Gasteiger partial charge is 0.480 e. The highest BCUT2D eigenvalue weighted by atomic mass is 16.5. The van der Waals surface area contributed by atoms with Crippen LogP contribution in [0.2, 0.25) is 0 Å². The van der Waals surface area contributed by atoms with Crippen LogP contribution in [-0.4, -0.2) is 41.3 Å². The molecule has 6 heteroatoms. The third-order valence-corrected chi connectivity index (χ3v) is 4.02. The summed E-state index contributed by atoms with van der Waals surface area (Å²) in [4.78, 5) is 13.8. The number of methoxy groups -OCH3 is 1. The van der Waals surface area contributed by atoms with E-state index in [2.05, 4.69) is 29.1 Å². The Morgan fingerprint density at radius 1 is 1.35 bits per heavy atom. The monoisotopic (exact) mass is 316 g/mol. The van der Waals surface area contributed by atoms with Crippen molar-refractivity contribution in [3.63, 3.8) is 0 Å². The fourth-order valence-corrected chi connectivity index (χ4v) is 2.81. The minimum absolute atomic E-state index is 0.243. The lowest BCUT2D eigenvalue weighted by molar-refractivity contribution is 0.120. The predicted octanol–water partition coefficient (Wildman–Crippen LogP) is 3.06. The van der Waals surface area contributed by atoms with Gasteiger partial charge in [0, 0.05) is 24.8 Å². The number of pyridine rings is 1. The van der Waals surface area contributed by atoms with Crippen LogP contribution in [0.25, 0.3) is 10.9 Å². The fourth-order valence-electron chi connectivity index (χ4n) is 2.81. The highest BCUT2D eigenvalue weighted by Crippen LogP contribution is 2.31. The quantitative estimate of drug-likeness (QED) is 0.914. The molecule has 23 heavy (non-hydrogen) atoms. The van der Waals surface area contributed by atoms with Gasteiger partial charge >= 0.3 is 0 Å². The van der Waals surface area contributed by atoms with Crippen molar-refractivity contribution >= 4 is 16.7 Å². The molecule has 1 aliphatic heterocycles. The molecular weight excluding hydrogens is 292 g/mol. The second kappa shape index (κ2) is 6.66. The number of nitrogens with zero attached hydrogens (tertiary/aromatic N) is 3. The molecule has 0 saturated carbocycles. The zero-order chi connectivity index (χ0) is 16.4. The van der Waals surface area contributed by atoms with Gasteiger partial charge in [-0.1, -0.05) is 13.8 Å². The number of hydrogen-bond acceptors (Lipinski definition) is 6. The van der Waals surface area contributed by atoms with Gasteiger partial charge in [0.2, 0.25) is 5.88 Å². The molecule has 1 fully saturated rings. The first-order valence-corrected chi connectivity index (χ1v) is 8.17. The average Bonchev–Trinajstić information content (AvgIpc) is 3.04. The Morgan fingerprint density at radius 2 is 2.17 bits per heavy atom. The summed E-state index contributed by atoms with van der Waals surface area (Å²) < 4.78 is 11.1. The molecule has 2 aromatic rings. The molecule has 1 saturated heterocycles. The van der Waals surface area contributed by atoms with Gasteiger partial charge in [0.05, 0.1) is 18.7 Å². The van der Waals surface area contributed by atoms with Gasteiger partial charge in [-0.2, -0.15) is 0 Å². The van der Waals surface area contributed by atoms with E-state index >= 15 is 0 Å². The van der Waals surface area contributed by atoms with E-state index in [0.717, 1.165) is 54.2 Å². The van der Waals surface area contributed by atoms with Crippen LogP contribution in [0.15, 0.2) is 6.07 Å². The van der Waals surface area contributed by atoms with Gasteiger partial charge in [-0.25, -0.2) is 15.0 Å². The number of aromatic nitrogens is 3. The Bertz CT molecular complexity index is 697. The van der Waals surface area contributed by atoms with Crippen molar-refractivity contribution in [2.24, 2.45) is 0 Å². The standard InChI is InChI=1S/C17H24N4O2/c1-10(2)15-20-13-8-11(3)19-17(22-4)14(13)16(21-15)18-9-12-6-5-7-23-12/h8,10,12H,5-7,9H2,1-4H3,(H,18,20,21). The molecule has 1 N–H and O–H groups in total. The van der Waals surface area contributed by atoms with Gasteiger partial charge in [-0.3, -0.25) is 0 Å². The van der Waals surface area contributed by atoms with Crippen LogP contribution in [0.1, 0.15) is 44.1 Å². The molecule has 0 spiro atoms. The highest BCUT2D eigenvalue weighted by molar-refractivity contribution is 5.93. The summed E-state index contributed by atoms with van der Waals surface area (Å²) in [6.45, 7) is 7.71. The maximum atomic E-state index is 5.69. The van der Waals surface area contributed by atoms with Gasteiger partial charge < -0.3 is 14.8 Å². The molecule has 0 aromatic carbocycles. The summed E-state index contributed by atoms with van der Waals surface area (Å²) >= 11 is 0. The zero-order valence-electron chi connectivity index (χ0n) is 14.2. The number of fused-ring (bicyclic) bond motifs is 1. The van der Waals surface area contributed by atoms with Crippen LogP contribution < -0.4 is 10.1 Å². The number of aryl methyl sites for hydroxylation is 1. The molecule has 0 bridgehead atoms. The van der Waals surface area contributed by atoms with Crippen molar-refractivity contribution in [2.45, 2.75) is 45.6 Å². The molecule has 2 aromatic heterocycles. The van der Waals surface area contributed by atoms with Crippen LogP contribution in [0.5, 0.6) is 5.88 Å². The van der Waals surface area contributed by atoms with Crippen LogP contribution in [0.4, 0.5) is 5.82 Å². The maximum absolute atomic E-state index is 5.69. The predicted molar refractivity (Wildman–Crippen MR) is 90.2 cm³/mol. The van der Waals surface area contributed by atoms with Crippen LogP contribution >= 0.6 is 0 Å². The number of ether oxygens (including phenoxy) is 2. The Labute approximate surface area is 136 Å². The first kappa shape index (κ1) is 15.9. The molecule has 0 aliphatic carbocycles. The lowest BCUT2D eigenvalue weighted by atomic mass is 10.1. The lowest BCUT2D eigenvalue weighted by Crippen LogP contribution is -2.20. The van der Waals surface area contributed by atoms with Gasteiger partial charge in [-0.15, -0.1) is 0 Å². The Morgan fingerprint density at radius 3 is 2.83 bits per heavy atom. The minimum Gasteiger partial charge on any atom is -0.480 e. The molecular formula is C17H24N4O2. The summed E-state index contributed by atoms with van der Waals surface area (Å²) in [6.07, 6.45) is 2.45. The normalized spacial score (nSPS) is 17.9. The first-order valence-electron chi connectivity index (χ1n) is 8.17. The van der Waals surface area contributed by atoms with E-state index in [1.165, 1.54) is 0 Å². The first-order chi connectivity index (χ1) is 11.1. The van der Waals surface area contributed by atoms with Crippen molar-refractivity contribution < 1.29 is 9.47 Å². The smallest absolute Gasteiger partial charge is 0.226 e. The second-order valence-corrected chi connectivity index (χ2v) is 6.27. The maximum Gasteiger partial charge on any atom is 0.226 e. The molecule has 0 radical (unpaired) electrons. The van der Waals surface area contributed by atoms with E-state index in [-0.39, 0.29) is 12.0 Å². The Balaban J connectivity index is 2.04. The van der Waals surface area contributed by atoms with E-state index in [1.807, 2.05) is 13.0 Å². The SMILES string of the molecule is COc1nc(C)cc2nc(C(C)C)nc(NCC3CCCO3)c12. The number of anilines is 1. The zero-order valence-corrected chi connectivity index (χ0v) is 14.2. The van der Waals surface area contributed by atoms with Gasteiger partial charge in [-0.05, 0) is 25.8 Å². The highest BCUT2D eigenvalue weighted by Gasteiger charge is 2.19. The molecule has 1 atom stereocenters.